The summed E-state index contributed by atoms with van der Waals surface area (Å²) in [4.78, 5) is 11.6. The SMILES string of the molecule is Cc1ccc(-c2cn3ccc(N4CCOCC4)nc3n2)cc1. The van der Waals surface area contributed by atoms with E-state index in [0.717, 1.165) is 49.2 Å². The summed E-state index contributed by atoms with van der Waals surface area (Å²) in [5, 5.41) is 0. The Bertz CT molecular complexity index is 788. The number of fused-ring (bicyclic) bond motifs is 1. The summed E-state index contributed by atoms with van der Waals surface area (Å²) >= 11 is 0. The van der Waals surface area contributed by atoms with E-state index in [1.54, 1.807) is 0 Å². The highest BCUT2D eigenvalue weighted by Crippen LogP contribution is 2.20. The highest BCUT2D eigenvalue weighted by atomic mass is 16.5. The Balaban J connectivity index is 1.69. The molecule has 0 amide bonds. The Kier molecular flexibility index (Phi) is 3.27. The summed E-state index contributed by atoms with van der Waals surface area (Å²) in [6.45, 7) is 5.37. The zero-order chi connectivity index (χ0) is 14.9. The van der Waals surface area contributed by atoms with Crippen LogP contribution in [0, 0.1) is 6.92 Å². The first-order valence-electron chi connectivity index (χ1n) is 7.55. The monoisotopic (exact) mass is 294 g/mol. The lowest BCUT2D eigenvalue weighted by Crippen LogP contribution is -2.36. The van der Waals surface area contributed by atoms with E-state index in [2.05, 4.69) is 46.1 Å². The first-order chi connectivity index (χ1) is 10.8. The van der Waals surface area contributed by atoms with Gasteiger partial charge in [-0.05, 0) is 13.0 Å². The van der Waals surface area contributed by atoms with Gasteiger partial charge in [0.25, 0.3) is 0 Å². The largest absolute Gasteiger partial charge is 0.378 e. The lowest BCUT2D eigenvalue weighted by molar-refractivity contribution is 0.122. The van der Waals surface area contributed by atoms with Gasteiger partial charge in [0.15, 0.2) is 0 Å². The van der Waals surface area contributed by atoms with Gasteiger partial charge in [-0.15, -0.1) is 0 Å². The molecule has 1 aliphatic heterocycles. The summed E-state index contributed by atoms with van der Waals surface area (Å²) in [5.74, 6) is 1.71. The number of aromatic nitrogens is 3. The van der Waals surface area contributed by atoms with Crippen LogP contribution in [0.15, 0.2) is 42.7 Å². The number of anilines is 1. The minimum absolute atomic E-state index is 0.736. The van der Waals surface area contributed by atoms with Crippen LogP contribution < -0.4 is 4.90 Å². The molecule has 3 heterocycles. The quantitative estimate of drug-likeness (QED) is 0.728. The van der Waals surface area contributed by atoms with Gasteiger partial charge in [0.2, 0.25) is 5.78 Å². The number of nitrogens with zero attached hydrogens (tertiary/aromatic N) is 4. The maximum absolute atomic E-state index is 5.39. The van der Waals surface area contributed by atoms with Gasteiger partial charge < -0.3 is 9.64 Å². The molecule has 3 aromatic rings. The lowest BCUT2D eigenvalue weighted by Gasteiger charge is -2.27. The van der Waals surface area contributed by atoms with Crippen molar-refractivity contribution >= 4 is 11.6 Å². The van der Waals surface area contributed by atoms with E-state index in [1.165, 1.54) is 5.56 Å². The van der Waals surface area contributed by atoms with Gasteiger partial charge in [0, 0.05) is 31.0 Å². The number of imidazole rings is 1. The standard InChI is InChI=1S/C17H18N4O/c1-13-2-4-14(5-3-13)15-12-21-7-6-16(19-17(21)18-15)20-8-10-22-11-9-20/h2-7,12H,8-11H2,1H3. The summed E-state index contributed by atoms with van der Waals surface area (Å²) in [6.07, 6.45) is 4.05. The van der Waals surface area contributed by atoms with Gasteiger partial charge in [-0.2, -0.15) is 4.98 Å². The third-order valence-electron chi connectivity index (χ3n) is 3.99. The maximum atomic E-state index is 5.39. The second kappa shape index (κ2) is 5.42. The van der Waals surface area contributed by atoms with Crippen LogP contribution in [0.3, 0.4) is 0 Å². The zero-order valence-electron chi connectivity index (χ0n) is 12.6. The molecule has 1 aromatic carbocycles. The second-order valence-electron chi connectivity index (χ2n) is 5.58. The van der Waals surface area contributed by atoms with Crippen molar-refractivity contribution in [3.05, 3.63) is 48.3 Å². The Hall–Kier alpha value is -2.40. The van der Waals surface area contributed by atoms with Crippen LogP contribution in [0.1, 0.15) is 5.56 Å². The second-order valence-corrected chi connectivity index (χ2v) is 5.58. The van der Waals surface area contributed by atoms with E-state index in [4.69, 9.17) is 4.74 Å². The van der Waals surface area contributed by atoms with Gasteiger partial charge in [-0.3, -0.25) is 4.40 Å². The van der Waals surface area contributed by atoms with Crippen molar-refractivity contribution in [1.29, 1.82) is 0 Å². The van der Waals surface area contributed by atoms with Crippen LogP contribution in [0.4, 0.5) is 5.82 Å². The minimum atomic E-state index is 0.736. The van der Waals surface area contributed by atoms with Gasteiger partial charge in [0.1, 0.15) is 5.82 Å². The van der Waals surface area contributed by atoms with Crippen molar-refractivity contribution in [1.82, 2.24) is 14.4 Å². The van der Waals surface area contributed by atoms with Crippen LogP contribution in [-0.2, 0) is 4.74 Å². The molecule has 1 fully saturated rings. The van der Waals surface area contributed by atoms with Crippen molar-refractivity contribution in [2.24, 2.45) is 0 Å². The Labute approximate surface area is 129 Å². The molecule has 0 spiro atoms. The number of ether oxygens (including phenoxy) is 1. The van der Waals surface area contributed by atoms with Crippen molar-refractivity contribution in [3.8, 4) is 11.3 Å². The number of hydrogen-bond donors (Lipinski definition) is 0. The predicted molar refractivity (Wildman–Crippen MR) is 86.2 cm³/mol. The predicted octanol–water partition coefficient (Wildman–Crippen LogP) is 2.54. The number of hydrogen-bond acceptors (Lipinski definition) is 4. The number of morpholine rings is 1. The van der Waals surface area contributed by atoms with E-state index in [1.807, 2.05) is 22.9 Å². The van der Waals surface area contributed by atoms with Crippen LogP contribution in [0.2, 0.25) is 0 Å². The molecule has 1 aliphatic rings. The van der Waals surface area contributed by atoms with E-state index < -0.39 is 0 Å². The van der Waals surface area contributed by atoms with Crippen LogP contribution in [-0.4, -0.2) is 40.7 Å². The smallest absolute Gasteiger partial charge is 0.236 e. The Morgan fingerprint density at radius 3 is 2.55 bits per heavy atom. The van der Waals surface area contributed by atoms with Gasteiger partial charge in [0.05, 0.1) is 18.9 Å². The van der Waals surface area contributed by atoms with Crippen molar-refractivity contribution < 1.29 is 4.74 Å². The molecule has 0 bridgehead atoms. The summed E-state index contributed by atoms with van der Waals surface area (Å²) in [7, 11) is 0. The number of benzene rings is 1. The molecule has 22 heavy (non-hydrogen) atoms. The molecule has 5 nitrogen and oxygen atoms in total. The fraction of sp³-hybridized carbons (Fsp3) is 0.294. The molecule has 112 valence electrons. The molecule has 0 unspecified atom stereocenters. The fourth-order valence-electron chi connectivity index (χ4n) is 2.69. The Morgan fingerprint density at radius 1 is 1.00 bits per heavy atom. The van der Waals surface area contributed by atoms with Crippen LogP contribution in [0.25, 0.3) is 17.0 Å². The number of aryl methyl sites for hydroxylation is 1. The first kappa shape index (κ1) is 13.3. The van der Waals surface area contributed by atoms with Gasteiger partial charge in [-0.1, -0.05) is 29.8 Å². The fourth-order valence-corrected chi connectivity index (χ4v) is 2.69. The molecule has 0 aliphatic carbocycles. The normalized spacial score (nSPS) is 15.4. The first-order valence-corrected chi connectivity index (χ1v) is 7.55. The van der Waals surface area contributed by atoms with Crippen molar-refractivity contribution in [2.45, 2.75) is 6.92 Å². The van der Waals surface area contributed by atoms with Gasteiger partial charge in [-0.25, -0.2) is 4.98 Å². The Morgan fingerprint density at radius 2 is 1.77 bits per heavy atom. The summed E-state index contributed by atoms with van der Waals surface area (Å²) in [5.41, 5.74) is 3.32. The number of rotatable bonds is 2. The maximum Gasteiger partial charge on any atom is 0.236 e. The average molecular weight is 294 g/mol. The van der Waals surface area contributed by atoms with Crippen molar-refractivity contribution in [3.63, 3.8) is 0 Å². The molecular weight excluding hydrogens is 276 g/mol. The van der Waals surface area contributed by atoms with Gasteiger partial charge >= 0.3 is 0 Å². The topological polar surface area (TPSA) is 42.7 Å². The summed E-state index contributed by atoms with van der Waals surface area (Å²) in [6, 6.07) is 10.4. The van der Waals surface area contributed by atoms with E-state index in [-0.39, 0.29) is 0 Å². The molecule has 0 N–H and O–H groups in total. The van der Waals surface area contributed by atoms with Crippen molar-refractivity contribution in [2.75, 3.05) is 31.2 Å². The van der Waals surface area contributed by atoms with E-state index in [9.17, 15) is 0 Å². The summed E-state index contributed by atoms with van der Waals surface area (Å²) < 4.78 is 7.36. The van der Waals surface area contributed by atoms with E-state index in [0.29, 0.717) is 0 Å². The molecule has 0 radical (unpaired) electrons. The third-order valence-corrected chi connectivity index (χ3v) is 3.99. The minimum Gasteiger partial charge on any atom is -0.378 e. The van der Waals surface area contributed by atoms with Crippen LogP contribution in [0.5, 0.6) is 0 Å². The third kappa shape index (κ3) is 2.44. The molecule has 2 aromatic heterocycles. The molecule has 0 saturated carbocycles. The highest BCUT2D eigenvalue weighted by molar-refractivity contribution is 5.62. The molecule has 4 rings (SSSR count). The average Bonchev–Trinajstić information content (AvgIpc) is 2.99. The molecule has 1 saturated heterocycles. The zero-order valence-corrected chi connectivity index (χ0v) is 12.6. The van der Waals surface area contributed by atoms with Crippen LogP contribution >= 0.6 is 0 Å². The lowest BCUT2D eigenvalue weighted by atomic mass is 10.1. The highest BCUT2D eigenvalue weighted by Gasteiger charge is 2.14. The molecule has 0 atom stereocenters. The molecular formula is C17H18N4O. The van der Waals surface area contributed by atoms with E-state index >= 15 is 0 Å². The molecule has 5 heteroatoms.